The molecule has 6 nitrogen and oxygen atoms in total. The smallest absolute Gasteiger partial charge is 0.341 e. The maximum absolute atomic E-state index is 12.7. The molecule has 0 radical (unpaired) electrons. The van der Waals surface area contributed by atoms with Crippen LogP contribution in [0.15, 0.2) is 47.4 Å². The Morgan fingerprint density at radius 1 is 1.17 bits per heavy atom. The predicted molar refractivity (Wildman–Crippen MR) is 110 cm³/mol. The molecule has 148 valence electrons. The maximum Gasteiger partial charge on any atom is 0.341 e. The minimum atomic E-state index is -1.19. The lowest BCUT2D eigenvalue weighted by molar-refractivity contribution is -0.119. The van der Waals surface area contributed by atoms with Gasteiger partial charge in [-0.15, -0.1) is 0 Å². The summed E-state index contributed by atoms with van der Waals surface area (Å²) >= 11 is 0. The van der Waals surface area contributed by atoms with Crippen molar-refractivity contribution in [3.05, 3.63) is 75.2 Å². The number of aromatic carboxylic acids is 1. The summed E-state index contributed by atoms with van der Waals surface area (Å²) in [7, 11) is 0. The van der Waals surface area contributed by atoms with E-state index in [1.807, 2.05) is 37.3 Å². The van der Waals surface area contributed by atoms with Crippen LogP contribution in [0.1, 0.15) is 52.7 Å². The summed E-state index contributed by atoms with van der Waals surface area (Å²) < 4.78 is 1.47. The number of amides is 1. The van der Waals surface area contributed by atoms with Crippen LogP contribution in [0, 0.1) is 6.92 Å². The maximum atomic E-state index is 12.7. The molecular weight excluding hydrogens is 368 g/mol. The van der Waals surface area contributed by atoms with Crippen LogP contribution >= 0.6 is 0 Å². The highest BCUT2D eigenvalue weighted by atomic mass is 16.4. The molecule has 1 amide bonds. The van der Waals surface area contributed by atoms with Gasteiger partial charge in [0.15, 0.2) is 0 Å². The van der Waals surface area contributed by atoms with Crippen molar-refractivity contribution in [1.82, 2.24) is 9.72 Å². The van der Waals surface area contributed by atoms with E-state index < -0.39 is 11.5 Å². The number of carboxylic acid groups (broad SMARTS) is 1. The van der Waals surface area contributed by atoms with E-state index in [1.165, 1.54) is 11.3 Å². The molecule has 1 aromatic carbocycles. The molecule has 0 bridgehead atoms. The SMILES string of the molecule is CC(=O)NCc1ccc(-c2ccn3c(=O)c(C(=O)O)cc(C4CC4)c3c2C)cc1. The van der Waals surface area contributed by atoms with Gasteiger partial charge in [0, 0.05) is 19.7 Å². The summed E-state index contributed by atoms with van der Waals surface area (Å²) in [6.07, 6.45) is 3.69. The Morgan fingerprint density at radius 3 is 2.45 bits per heavy atom. The van der Waals surface area contributed by atoms with Crippen LogP contribution in [-0.2, 0) is 11.3 Å². The third-order valence-electron chi connectivity index (χ3n) is 5.47. The molecule has 3 aromatic rings. The van der Waals surface area contributed by atoms with Gasteiger partial charge in [0.25, 0.3) is 5.56 Å². The van der Waals surface area contributed by atoms with Gasteiger partial charge in [-0.3, -0.25) is 14.0 Å². The van der Waals surface area contributed by atoms with Gasteiger partial charge < -0.3 is 10.4 Å². The average molecular weight is 390 g/mol. The second-order valence-corrected chi connectivity index (χ2v) is 7.58. The van der Waals surface area contributed by atoms with Crippen LogP contribution in [0.2, 0.25) is 0 Å². The van der Waals surface area contributed by atoms with Gasteiger partial charge in [-0.1, -0.05) is 24.3 Å². The number of hydrogen-bond acceptors (Lipinski definition) is 3. The molecule has 0 saturated heterocycles. The number of carboxylic acids is 1. The molecule has 1 fully saturated rings. The van der Waals surface area contributed by atoms with Gasteiger partial charge in [-0.2, -0.15) is 0 Å². The summed E-state index contributed by atoms with van der Waals surface area (Å²) in [5, 5.41) is 12.2. The number of hydrogen-bond donors (Lipinski definition) is 2. The number of nitrogens with zero attached hydrogens (tertiary/aromatic N) is 1. The number of fused-ring (bicyclic) bond motifs is 1. The first-order valence-electron chi connectivity index (χ1n) is 9.62. The molecule has 2 N–H and O–H groups in total. The molecule has 0 spiro atoms. The molecule has 29 heavy (non-hydrogen) atoms. The topological polar surface area (TPSA) is 87.9 Å². The van der Waals surface area contributed by atoms with Crippen LogP contribution in [0.4, 0.5) is 0 Å². The first-order valence-corrected chi connectivity index (χ1v) is 9.62. The van der Waals surface area contributed by atoms with Crippen molar-refractivity contribution in [3.63, 3.8) is 0 Å². The van der Waals surface area contributed by atoms with Gasteiger partial charge >= 0.3 is 5.97 Å². The second-order valence-electron chi connectivity index (χ2n) is 7.58. The van der Waals surface area contributed by atoms with Gasteiger partial charge in [0.2, 0.25) is 5.91 Å². The van der Waals surface area contributed by atoms with Crippen LogP contribution < -0.4 is 10.9 Å². The molecule has 2 aromatic heterocycles. The normalized spacial score (nSPS) is 13.4. The van der Waals surface area contributed by atoms with Crippen molar-refractivity contribution in [3.8, 4) is 11.1 Å². The van der Waals surface area contributed by atoms with E-state index in [-0.39, 0.29) is 11.5 Å². The standard InChI is InChI=1S/C23H22N2O4/c1-13-18(16-5-3-15(4-6-16)12-24-14(2)26)9-10-25-21(13)19(17-7-8-17)11-20(22(25)27)23(28)29/h3-6,9-11,17H,7-8,12H2,1-2H3,(H,24,26)(H,28,29). The number of benzene rings is 1. The van der Waals surface area contributed by atoms with Crippen molar-refractivity contribution in [2.24, 2.45) is 0 Å². The van der Waals surface area contributed by atoms with Crippen LogP contribution in [0.3, 0.4) is 0 Å². The summed E-state index contributed by atoms with van der Waals surface area (Å²) in [5.41, 5.74) is 5.02. The molecule has 6 heteroatoms. The highest BCUT2D eigenvalue weighted by molar-refractivity contribution is 5.89. The van der Waals surface area contributed by atoms with Crippen molar-refractivity contribution in [1.29, 1.82) is 0 Å². The van der Waals surface area contributed by atoms with E-state index in [0.29, 0.717) is 12.5 Å². The number of aryl methyl sites for hydroxylation is 1. The summed E-state index contributed by atoms with van der Waals surface area (Å²) in [6.45, 7) is 3.94. The second kappa shape index (κ2) is 7.20. The van der Waals surface area contributed by atoms with Gasteiger partial charge in [-0.05, 0) is 65.6 Å². The monoisotopic (exact) mass is 390 g/mol. The number of aromatic nitrogens is 1. The third kappa shape index (κ3) is 3.53. The highest BCUT2D eigenvalue weighted by Gasteiger charge is 2.29. The number of pyridine rings is 2. The van der Waals surface area contributed by atoms with Crippen molar-refractivity contribution in [2.75, 3.05) is 0 Å². The number of rotatable bonds is 5. The fraction of sp³-hybridized carbons (Fsp3) is 0.261. The lowest BCUT2D eigenvalue weighted by Gasteiger charge is -2.15. The zero-order valence-corrected chi connectivity index (χ0v) is 16.4. The van der Waals surface area contributed by atoms with Crippen LogP contribution in [-0.4, -0.2) is 21.4 Å². The quantitative estimate of drug-likeness (QED) is 0.698. The Balaban J connectivity index is 1.83. The molecule has 1 aliphatic carbocycles. The Kier molecular flexibility index (Phi) is 4.70. The molecule has 1 aliphatic rings. The number of carbonyl (C=O) groups is 2. The van der Waals surface area contributed by atoms with E-state index in [9.17, 15) is 19.5 Å². The Hall–Kier alpha value is -3.41. The van der Waals surface area contributed by atoms with Crippen LogP contribution in [0.5, 0.6) is 0 Å². The average Bonchev–Trinajstić information content (AvgIpc) is 3.52. The first-order chi connectivity index (χ1) is 13.9. The fourth-order valence-electron chi connectivity index (χ4n) is 3.80. The van der Waals surface area contributed by atoms with E-state index in [2.05, 4.69) is 5.32 Å². The molecule has 4 rings (SSSR count). The zero-order chi connectivity index (χ0) is 20.7. The van der Waals surface area contributed by atoms with E-state index >= 15 is 0 Å². The zero-order valence-electron chi connectivity index (χ0n) is 16.4. The predicted octanol–water partition coefficient (Wildman–Crippen LogP) is 3.49. The van der Waals surface area contributed by atoms with E-state index in [1.54, 1.807) is 12.3 Å². The molecule has 0 atom stereocenters. The van der Waals surface area contributed by atoms with Gasteiger partial charge in [0.05, 0.1) is 5.52 Å². The lowest BCUT2D eigenvalue weighted by atomic mass is 9.96. The summed E-state index contributed by atoms with van der Waals surface area (Å²) in [4.78, 5) is 35.3. The number of carbonyl (C=O) groups excluding carboxylic acids is 1. The molecule has 1 saturated carbocycles. The molecular formula is C23H22N2O4. The minimum Gasteiger partial charge on any atom is -0.477 e. The molecule has 2 heterocycles. The van der Waals surface area contributed by atoms with Gasteiger partial charge in [0.1, 0.15) is 5.56 Å². The summed E-state index contributed by atoms with van der Waals surface area (Å²) in [6, 6.07) is 11.3. The van der Waals surface area contributed by atoms with Crippen LogP contribution in [0.25, 0.3) is 16.6 Å². The first kappa shape index (κ1) is 18.9. The van der Waals surface area contributed by atoms with E-state index in [4.69, 9.17) is 0 Å². The van der Waals surface area contributed by atoms with Crippen molar-refractivity contribution in [2.45, 2.75) is 39.2 Å². The van der Waals surface area contributed by atoms with Gasteiger partial charge in [-0.25, -0.2) is 4.79 Å². The Bertz CT molecular complexity index is 1190. The Morgan fingerprint density at radius 2 is 1.86 bits per heavy atom. The highest BCUT2D eigenvalue weighted by Crippen LogP contribution is 2.43. The molecule has 0 aliphatic heterocycles. The van der Waals surface area contributed by atoms with Crippen molar-refractivity contribution < 1.29 is 14.7 Å². The van der Waals surface area contributed by atoms with E-state index in [0.717, 1.165) is 46.2 Å². The van der Waals surface area contributed by atoms with Crippen molar-refractivity contribution >= 4 is 17.4 Å². The Labute approximate surface area is 167 Å². The third-order valence-corrected chi connectivity index (χ3v) is 5.47. The largest absolute Gasteiger partial charge is 0.477 e. The lowest BCUT2D eigenvalue weighted by Crippen LogP contribution is -2.23. The summed E-state index contributed by atoms with van der Waals surface area (Å²) in [5.74, 6) is -0.960. The number of nitrogens with one attached hydrogen (secondary N) is 1. The molecule has 0 unspecified atom stereocenters. The fourth-order valence-corrected chi connectivity index (χ4v) is 3.80. The minimum absolute atomic E-state index is 0.0711.